The van der Waals surface area contributed by atoms with Gasteiger partial charge in [0.1, 0.15) is 0 Å². The van der Waals surface area contributed by atoms with E-state index in [4.69, 9.17) is 0 Å². The molecule has 1 amide bonds. The van der Waals surface area contributed by atoms with Crippen LogP contribution in [0.4, 0.5) is 0 Å². The summed E-state index contributed by atoms with van der Waals surface area (Å²) in [6.07, 6.45) is 2.12. The molecule has 104 valence electrons. The highest BCUT2D eigenvalue weighted by molar-refractivity contribution is 5.78. The Kier molecular flexibility index (Phi) is 4.25. The lowest BCUT2D eigenvalue weighted by Gasteiger charge is -2.39. The topological polar surface area (TPSA) is 40.5 Å². The predicted octanol–water partition coefficient (Wildman–Crippen LogP) is 2.54. The molecule has 0 bridgehead atoms. The Balaban J connectivity index is 2.01. The fraction of sp³-hybridized carbons (Fsp3) is 0.562. The number of rotatable bonds is 3. The van der Waals surface area contributed by atoms with Gasteiger partial charge in [-0.15, -0.1) is 0 Å². The fourth-order valence-corrected chi connectivity index (χ4v) is 2.62. The molecule has 3 nitrogen and oxygen atoms in total. The number of amides is 1. The van der Waals surface area contributed by atoms with E-state index in [0.29, 0.717) is 25.9 Å². The van der Waals surface area contributed by atoms with Crippen LogP contribution in [0.5, 0.6) is 0 Å². The molecule has 0 aliphatic carbocycles. The summed E-state index contributed by atoms with van der Waals surface area (Å²) in [6.45, 7) is 5.30. The third kappa shape index (κ3) is 2.98. The first-order valence-corrected chi connectivity index (χ1v) is 7.13. The van der Waals surface area contributed by atoms with Gasteiger partial charge in [-0.2, -0.15) is 0 Å². The molecule has 0 radical (unpaired) electrons. The molecular formula is C16H23NO2. The first-order chi connectivity index (χ1) is 9.07. The van der Waals surface area contributed by atoms with Crippen LogP contribution in [0.3, 0.4) is 0 Å². The van der Waals surface area contributed by atoms with Crippen LogP contribution in [0, 0.1) is 5.92 Å². The minimum Gasteiger partial charge on any atom is -0.385 e. The molecule has 19 heavy (non-hydrogen) atoms. The Morgan fingerprint density at radius 2 is 1.89 bits per heavy atom. The minimum absolute atomic E-state index is 0.0860. The molecule has 1 saturated heterocycles. The number of nitrogens with zero attached hydrogens (tertiary/aromatic N) is 1. The Hall–Kier alpha value is -1.35. The average molecular weight is 261 g/mol. The first-order valence-electron chi connectivity index (χ1n) is 7.13. The van der Waals surface area contributed by atoms with Crippen molar-refractivity contribution in [2.45, 2.75) is 38.7 Å². The lowest BCUT2D eigenvalue weighted by Crippen LogP contribution is -2.46. The highest BCUT2D eigenvalue weighted by atomic mass is 16.3. The van der Waals surface area contributed by atoms with Gasteiger partial charge in [0.2, 0.25) is 5.91 Å². The van der Waals surface area contributed by atoms with E-state index < -0.39 is 5.60 Å². The predicted molar refractivity (Wildman–Crippen MR) is 75.6 cm³/mol. The molecular weight excluding hydrogens is 238 g/mol. The minimum atomic E-state index is -0.770. The number of carbonyl (C=O) groups is 1. The zero-order chi connectivity index (χ0) is 13.9. The molecule has 0 spiro atoms. The lowest BCUT2D eigenvalue weighted by molar-refractivity contribution is -0.139. The van der Waals surface area contributed by atoms with Gasteiger partial charge in [-0.3, -0.25) is 4.79 Å². The van der Waals surface area contributed by atoms with Gasteiger partial charge in [-0.05, 0) is 24.8 Å². The quantitative estimate of drug-likeness (QED) is 0.908. The van der Waals surface area contributed by atoms with Crippen molar-refractivity contribution >= 4 is 5.91 Å². The molecule has 1 fully saturated rings. The van der Waals surface area contributed by atoms with Gasteiger partial charge in [0, 0.05) is 19.0 Å². The largest absolute Gasteiger partial charge is 0.385 e. The maximum absolute atomic E-state index is 12.1. The standard InChI is InChI=1S/C16H23NO2/c1-3-13(2)15(18)17-11-9-16(19,10-12-17)14-7-5-4-6-8-14/h4-8,13,19H,3,9-12H2,1-2H3. The molecule has 0 aromatic heterocycles. The van der Waals surface area contributed by atoms with Crippen LogP contribution in [0.15, 0.2) is 30.3 Å². The maximum atomic E-state index is 12.1. The zero-order valence-corrected chi connectivity index (χ0v) is 11.8. The van der Waals surface area contributed by atoms with Crippen LogP contribution in [-0.4, -0.2) is 29.0 Å². The van der Waals surface area contributed by atoms with Crippen LogP contribution in [-0.2, 0) is 10.4 Å². The number of piperidine rings is 1. The molecule has 2 rings (SSSR count). The molecule has 1 heterocycles. The van der Waals surface area contributed by atoms with E-state index in [9.17, 15) is 9.90 Å². The van der Waals surface area contributed by atoms with Crippen molar-refractivity contribution in [3.8, 4) is 0 Å². The number of carbonyl (C=O) groups excluding carboxylic acids is 1. The Bertz CT molecular complexity index is 422. The van der Waals surface area contributed by atoms with Crippen LogP contribution in [0.1, 0.15) is 38.7 Å². The van der Waals surface area contributed by atoms with Gasteiger partial charge < -0.3 is 10.0 Å². The summed E-state index contributed by atoms with van der Waals surface area (Å²) in [6, 6.07) is 9.78. The SMILES string of the molecule is CCC(C)C(=O)N1CCC(O)(c2ccccc2)CC1. The highest BCUT2D eigenvalue weighted by Gasteiger charge is 2.35. The molecule has 1 aliphatic heterocycles. The average Bonchev–Trinajstić information content (AvgIpc) is 2.47. The van der Waals surface area contributed by atoms with Gasteiger partial charge in [-0.1, -0.05) is 44.2 Å². The third-order valence-electron chi connectivity index (χ3n) is 4.25. The van der Waals surface area contributed by atoms with E-state index in [1.54, 1.807) is 0 Å². The second-order valence-electron chi connectivity index (χ2n) is 5.53. The third-order valence-corrected chi connectivity index (χ3v) is 4.25. The summed E-state index contributed by atoms with van der Waals surface area (Å²) >= 11 is 0. The number of benzene rings is 1. The molecule has 1 unspecified atom stereocenters. The Morgan fingerprint density at radius 3 is 2.42 bits per heavy atom. The van der Waals surface area contributed by atoms with Crippen LogP contribution in [0.25, 0.3) is 0 Å². The molecule has 1 N–H and O–H groups in total. The summed E-state index contributed by atoms with van der Waals surface area (Å²) in [5, 5.41) is 10.7. The Morgan fingerprint density at radius 1 is 1.32 bits per heavy atom. The van der Waals surface area contributed by atoms with Crippen LogP contribution in [0.2, 0.25) is 0 Å². The van der Waals surface area contributed by atoms with E-state index in [-0.39, 0.29) is 11.8 Å². The van der Waals surface area contributed by atoms with Gasteiger partial charge in [0.15, 0.2) is 0 Å². The zero-order valence-electron chi connectivity index (χ0n) is 11.8. The van der Waals surface area contributed by atoms with E-state index >= 15 is 0 Å². The van der Waals surface area contributed by atoms with Crippen LogP contribution >= 0.6 is 0 Å². The van der Waals surface area contributed by atoms with Gasteiger partial charge >= 0.3 is 0 Å². The van der Waals surface area contributed by atoms with E-state index in [1.807, 2.05) is 49.1 Å². The molecule has 1 aromatic rings. The van der Waals surface area contributed by atoms with Crippen molar-refractivity contribution in [2.24, 2.45) is 5.92 Å². The van der Waals surface area contributed by atoms with Gasteiger partial charge in [-0.25, -0.2) is 0 Å². The second-order valence-corrected chi connectivity index (χ2v) is 5.53. The highest BCUT2D eigenvalue weighted by Crippen LogP contribution is 2.33. The monoisotopic (exact) mass is 261 g/mol. The molecule has 3 heteroatoms. The van der Waals surface area contributed by atoms with Crippen molar-refractivity contribution in [1.82, 2.24) is 4.90 Å². The maximum Gasteiger partial charge on any atom is 0.225 e. The van der Waals surface area contributed by atoms with E-state index in [0.717, 1.165) is 12.0 Å². The molecule has 1 aliphatic rings. The van der Waals surface area contributed by atoms with Crippen LogP contribution < -0.4 is 0 Å². The normalized spacial score (nSPS) is 20.1. The van der Waals surface area contributed by atoms with E-state index in [1.165, 1.54) is 0 Å². The smallest absolute Gasteiger partial charge is 0.225 e. The molecule has 0 saturated carbocycles. The number of aliphatic hydroxyl groups is 1. The summed E-state index contributed by atoms with van der Waals surface area (Å²) in [4.78, 5) is 14.0. The molecule has 1 aromatic carbocycles. The van der Waals surface area contributed by atoms with E-state index in [2.05, 4.69) is 0 Å². The Labute approximate surface area is 115 Å². The van der Waals surface area contributed by atoms with Crippen molar-refractivity contribution in [3.05, 3.63) is 35.9 Å². The summed E-state index contributed by atoms with van der Waals surface area (Å²) in [7, 11) is 0. The summed E-state index contributed by atoms with van der Waals surface area (Å²) in [5.74, 6) is 0.306. The number of hydrogen-bond acceptors (Lipinski definition) is 2. The fourth-order valence-electron chi connectivity index (χ4n) is 2.62. The van der Waals surface area contributed by atoms with Gasteiger partial charge in [0.25, 0.3) is 0 Å². The van der Waals surface area contributed by atoms with Crippen molar-refractivity contribution in [2.75, 3.05) is 13.1 Å². The van der Waals surface area contributed by atoms with Crippen molar-refractivity contribution < 1.29 is 9.90 Å². The van der Waals surface area contributed by atoms with Gasteiger partial charge in [0.05, 0.1) is 5.60 Å². The number of hydrogen-bond donors (Lipinski definition) is 1. The lowest BCUT2D eigenvalue weighted by atomic mass is 9.84. The molecule has 1 atom stereocenters. The number of likely N-dealkylation sites (tertiary alicyclic amines) is 1. The summed E-state index contributed by atoms with van der Waals surface area (Å²) in [5.41, 5.74) is 0.193. The van der Waals surface area contributed by atoms with Crippen molar-refractivity contribution in [1.29, 1.82) is 0 Å². The second kappa shape index (κ2) is 5.74. The van der Waals surface area contributed by atoms with Crippen molar-refractivity contribution in [3.63, 3.8) is 0 Å². The summed E-state index contributed by atoms with van der Waals surface area (Å²) < 4.78 is 0. The first kappa shape index (κ1) is 14.1.